The Hall–Kier alpha value is -0.0800. The van der Waals surface area contributed by atoms with Gasteiger partial charge in [-0.1, -0.05) is 27.7 Å². The van der Waals surface area contributed by atoms with Gasteiger partial charge in [-0.25, -0.2) is 0 Å². The second-order valence-electron chi connectivity index (χ2n) is 5.52. The van der Waals surface area contributed by atoms with E-state index in [9.17, 15) is 0 Å². The van der Waals surface area contributed by atoms with E-state index in [0.717, 1.165) is 26.1 Å². The third-order valence-electron chi connectivity index (χ3n) is 2.81. The van der Waals surface area contributed by atoms with Gasteiger partial charge in [0.05, 0.1) is 12.2 Å². The van der Waals surface area contributed by atoms with E-state index in [1.54, 1.807) is 0 Å². The van der Waals surface area contributed by atoms with Crippen molar-refractivity contribution in [3.05, 3.63) is 0 Å². The summed E-state index contributed by atoms with van der Waals surface area (Å²) in [5, 5.41) is 0. The molecule has 2 heteroatoms. The molecule has 0 aliphatic carbocycles. The minimum absolute atomic E-state index is 0.200. The second kappa shape index (κ2) is 9.00. The monoisotopic (exact) mass is 230 g/mol. The highest BCUT2D eigenvalue weighted by molar-refractivity contribution is 4.61. The van der Waals surface area contributed by atoms with Crippen LogP contribution in [0.15, 0.2) is 0 Å². The van der Waals surface area contributed by atoms with Crippen molar-refractivity contribution in [1.29, 1.82) is 0 Å². The van der Waals surface area contributed by atoms with Gasteiger partial charge in [-0.05, 0) is 38.5 Å². The first kappa shape index (κ1) is 15.9. The van der Waals surface area contributed by atoms with Crippen molar-refractivity contribution in [2.75, 3.05) is 13.2 Å². The second-order valence-corrected chi connectivity index (χ2v) is 5.52. The van der Waals surface area contributed by atoms with Gasteiger partial charge < -0.3 is 9.47 Å². The predicted molar refractivity (Wildman–Crippen MR) is 69.7 cm³/mol. The Balaban J connectivity index is 3.52. The molecule has 0 radical (unpaired) electrons. The van der Waals surface area contributed by atoms with Crippen LogP contribution in [0.5, 0.6) is 0 Å². The zero-order chi connectivity index (χ0) is 12.6. The lowest BCUT2D eigenvalue weighted by molar-refractivity contribution is -0.0603. The van der Waals surface area contributed by atoms with Gasteiger partial charge in [0.2, 0.25) is 0 Å². The Morgan fingerprint density at radius 1 is 0.625 bits per heavy atom. The van der Waals surface area contributed by atoms with Gasteiger partial charge in [0.25, 0.3) is 0 Å². The minimum atomic E-state index is 0.200. The highest BCUT2D eigenvalue weighted by atomic mass is 16.5. The fraction of sp³-hybridized carbons (Fsp3) is 1.00. The van der Waals surface area contributed by atoms with Crippen LogP contribution in [-0.2, 0) is 9.47 Å². The molecule has 0 heterocycles. The Kier molecular flexibility index (Phi) is 8.96. The van der Waals surface area contributed by atoms with E-state index in [0.29, 0.717) is 11.8 Å². The summed E-state index contributed by atoms with van der Waals surface area (Å²) in [6.45, 7) is 14.8. The molecule has 0 amide bonds. The molecule has 0 aromatic rings. The molecule has 16 heavy (non-hydrogen) atoms. The molecule has 0 N–H and O–H groups in total. The molecule has 0 aromatic carbocycles. The number of ether oxygens (including phenoxy) is 2. The standard InChI is InChI=1S/C14H30O2/c1-11(2)7-9-15-13(5)14(6)16-10-8-12(3)4/h11-14H,7-10H2,1-6H3/t13-,14-/m1/s1. The van der Waals surface area contributed by atoms with Crippen LogP contribution in [0.1, 0.15) is 54.4 Å². The molecule has 0 unspecified atom stereocenters. The van der Waals surface area contributed by atoms with Gasteiger partial charge in [0.15, 0.2) is 0 Å². The van der Waals surface area contributed by atoms with E-state index >= 15 is 0 Å². The van der Waals surface area contributed by atoms with Crippen LogP contribution < -0.4 is 0 Å². The van der Waals surface area contributed by atoms with Gasteiger partial charge in [0, 0.05) is 13.2 Å². The Bertz CT molecular complexity index is 137. The average molecular weight is 230 g/mol. The fourth-order valence-corrected chi connectivity index (χ4v) is 1.25. The highest BCUT2D eigenvalue weighted by Gasteiger charge is 2.13. The van der Waals surface area contributed by atoms with Crippen molar-refractivity contribution in [1.82, 2.24) is 0 Å². The van der Waals surface area contributed by atoms with Gasteiger partial charge in [-0.3, -0.25) is 0 Å². The van der Waals surface area contributed by atoms with Crippen molar-refractivity contribution < 1.29 is 9.47 Å². The minimum Gasteiger partial charge on any atom is -0.376 e. The van der Waals surface area contributed by atoms with Crippen molar-refractivity contribution in [2.24, 2.45) is 11.8 Å². The van der Waals surface area contributed by atoms with Crippen LogP contribution in [0.2, 0.25) is 0 Å². The van der Waals surface area contributed by atoms with Crippen LogP contribution in [-0.4, -0.2) is 25.4 Å². The lowest BCUT2D eigenvalue weighted by atomic mass is 10.1. The summed E-state index contributed by atoms with van der Waals surface area (Å²) in [6.07, 6.45) is 2.66. The molecule has 2 atom stereocenters. The van der Waals surface area contributed by atoms with Crippen molar-refractivity contribution >= 4 is 0 Å². The van der Waals surface area contributed by atoms with Crippen molar-refractivity contribution in [3.63, 3.8) is 0 Å². The Morgan fingerprint density at radius 2 is 0.938 bits per heavy atom. The van der Waals surface area contributed by atoms with Gasteiger partial charge in [-0.15, -0.1) is 0 Å². The number of hydrogen-bond donors (Lipinski definition) is 0. The number of hydrogen-bond acceptors (Lipinski definition) is 2. The van der Waals surface area contributed by atoms with E-state index in [2.05, 4.69) is 41.5 Å². The fourth-order valence-electron chi connectivity index (χ4n) is 1.25. The number of rotatable bonds is 9. The van der Waals surface area contributed by atoms with Crippen LogP contribution in [0, 0.1) is 11.8 Å². The maximum Gasteiger partial charge on any atom is 0.0805 e. The Morgan fingerprint density at radius 3 is 1.19 bits per heavy atom. The molecule has 0 rings (SSSR count). The van der Waals surface area contributed by atoms with Crippen LogP contribution in [0.4, 0.5) is 0 Å². The van der Waals surface area contributed by atoms with Gasteiger partial charge in [-0.2, -0.15) is 0 Å². The predicted octanol–water partition coefficient (Wildman–Crippen LogP) is 3.89. The largest absolute Gasteiger partial charge is 0.376 e. The zero-order valence-electron chi connectivity index (χ0n) is 12.0. The highest BCUT2D eigenvalue weighted by Crippen LogP contribution is 2.08. The summed E-state index contributed by atoms with van der Waals surface area (Å²) < 4.78 is 11.5. The summed E-state index contributed by atoms with van der Waals surface area (Å²) in [5.41, 5.74) is 0. The first-order valence-electron chi connectivity index (χ1n) is 6.66. The summed E-state index contributed by atoms with van der Waals surface area (Å²) in [6, 6.07) is 0. The first-order valence-corrected chi connectivity index (χ1v) is 6.66. The molecule has 0 saturated heterocycles. The lowest BCUT2D eigenvalue weighted by Crippen LogP contribution is -2.27. The molecule has 0 saturated carbocycles. The third kappa shape index (κ3) is 9.17. The zero-order valence-corrected chi connectivity index (χ0v) is 12.0. The quantitative estimate of drug-likeness (QED) is 0.598. The third-order valence-corrected chi connectivity index (χ3v) is 2.81. The first-order chi connectivity index (χ1) is 7.43. The molecule has 0 aromatic heterocycles. The van der Waals surface area contributed by atoms with Crippen molar-refractivity contribution in [2.45, 2.75) is 66.6 Å². The molecule has 0 spiro atoms. The smallest absolute Gasteiger partial charge is 0.0805 e. The van der Waals surface area contributed by atoms with Gasteiger partial charge in [0.1, 0.15) is 0 Å². The molecule has 0 aliphatic rings. The van der Waals surface area contributed by atoms with Crippen LogP contribution in [0.25, 0.3) is 0 Å². The normalized spacial score (nSPS) is 15.8. The summed E-state index contributed by atoms with van der Waals surface area (Å²) >= 11 is 0. The molecule has 0 fully saturated rings. The summed E-state index contributed by atoms with van der Waals surface area (Å²) in [7, 11) is 0. The molecule has 0 aliphatic heterocycles. The lowest BCUT2D eigenvalue weighted by Gasteiger charge is -2.22. The molecular weight excluding hydrogens is 200 g/mol. The van der Waals surface area contributed by atoms with E-state index in [1.807, 2.05) is 0 Å². The van der Waals surface area contributed by atoms with Crippen LogP contribution in [0.3, 0.4) is 0 Å². The topological polar surface area (TPSA) is 18.5 Å². The summed E-state index contributed by atoms with van der Waals surface area (Å²) in [4.78, 5) is 0. The van der Waals surface area contributed by atoms with Gasteiger partial charge >= 0.3 is 0 Å². The van der Waals surface area contributed by atoms with Crippen molar-refractivity contribution in [3.8, 4) is 0 Å². The Labute approximate surface area is 102 Å². The molecule has 2 nitrogen and oxygen atoms in total. The van der Waals surface area contributed by atoms with Crippen LogP contribution >= 0.6 is 0 Å². The molecule has 0 bridgehead atoms. The average Bonchev–Trinajstić information content (AvgIpc) is 2.16. The summed E-state index contributed by atoms with van der Waals surface area (Å²) in [5.74, 6) is 1.42. The maximum absolute atomic E-state index is 5.75. The SMILES string of the molecule is CC(C)CCO[C@H](C)[C@@H](C)OCCC(C)C. The molecule has 98 valence electrons. The molecular formula is C14H30O2. The van der Waals surface area contributed by atoms with E-state index in [4.69, 9.17) is 9.47 Å². The van der Waals surface area contributed by atoms with E-state index in [-0.39, 0.29) is 12.2 Å². The maximum atomic E-state index is 5.75. The van der Waals surface area contributed by atoms with E-state index < -0.39 is 0 Å². The van der Waals surface area contributed by atoms with E-state index in [1.165, 1.54) is 0 Å².